The second-order valence-electron chi connectivity index (χ2n) is 3.83. The van der Waals surface area contributed by atoms with Gasteiger partial charge in [-0.1, -0.05) is 5.16 Å². The first-order valence-electron chi connectivity index (χ1n) is 5.39. The summed E-state index contributed by atoms with van der Waals surface area (Å²) in [6.07, 6.45) is 0. The van der Waals surface area contributed by atoms with Gasteiger partial charge in [0.05, 0.1) is 6.54 Å². The summed E-state index contributed by atoms with van der Waals surface area (Å²) < 4.78 is 9.92. The first-order chi connectivity index (χ1) is 8.56. The van der Waals surface area contributed by atoms with Gasteiger partial charge < -0.3 is 19.4 Å². The van der Waals surface area contributed by atoms with Gasteiger partial charge in [0.25, 0.3) is 0 Å². The third kappa shape index (κ3) is 2.75. The first-order valence-corrected chi connectivity index (χ1v) is 5.39. The summed E-state index contributed by atoms with van der Waals surface area (Å²) >= 11 is 0. The van der Waals surface area contributed by atoms with Crippen molar-refractivity contribution in [2.75, 3.05) is 0 Å². The Bertz CT molecular complexity index is 558. The van der Waals surface area contributed by atoms with Crippen molar-refractivity contribution in [3.63, 3.8) is 0 Å². The van der Waals surface area contributed by atoms with Gasteiger partial charge in [-0.25, -0.2) is 4.79 Å². The van der Waals surface area contributed by atoms with Crippen LogP contribution in [0.2, 0.25) is 0 Å². The standard InChI is InChI=1S/C11H13N3O4/c1-6-8(3-9(17-6)11(15)16)4-12-5-10-13-7(2)18-14-10/h3,12H,4-5H2,1-2H3,(H,15,16). The van der Waals surface area contributed by atoms with Crippen LogP contribution in [0.3, 0.4) is 0 Å². The number of nitrogens with one attached hydrogen (secondary N) is 1. The number of carboxylic acid groups (broad SMARTS) is 1. The minimum atomic E-state index is -1.07. The van der Waals surface area contributed by atoms with Crippen molar-refractivity contribution >= 4 is 5.97 Å². The van der Waals surface area contributed by atoms with E-state index in [4.69, 9.17) is 14.0 Å². The number of carbonyl (C=O) groups is 1. The molecule has 2 heterocycles. The minimum Gasteiger partial charge on any atom is -0.475 e. The lowest BCUT2D eigenvalue weighted by atomic mass is 10.2. The molecule has 18 heavy (non-hydrogen) atoms. The third-order valence-electron chi connectivity index (χ3n) is 2.40. The monoisotopic (exact) mass is 251 g/mol. The van der Waals surface area contributed by atoms with Gasteiger partial charge in [-0.2, -0.15) is 4.98 Å². The van der Waals surface area contributed by atoms with Gasteiger partial charge in [0, 0.05) is 19.0 Å². The Labute approximate surface area is 103 Å². The Hall–Kier alpha value is -2.15. The zero-order valence-electron chi connectivity index (χ0n) is 10.1. The highest BCUT2D eigenvalue weighted by molar-refractivity contribution is 5.84. The molecular weight excluding hydrogens is 238 g/mol. The van der Waals surface area contributed by atoms with Crippen LogP contribution >= 0.6 is 0 Å². The molecule has 2 aromatic rings. The average molecular weight is 251 g/mol. The molecule has 0 amide bonds. The highest BCUT2D eigenvalue weighted by Gasteiger charge is 2.12. The zero-order chi connectivity index (χ0) is 13.1. The maximum Gasteiger partial charge on any atom is 0.371 e. The predicted molar refractivity (Wildman–Crippen MR) is 60.0 cm³/mol. The number of aromatic nitrogens is 2. The van der Waals surface area contributed by atoms with Gasteiger partial charge in [0.1, 0.15) is 5.76 Å². The average Bonchev–Trinajstić information content (AvgIpc) is 2.87. The number of nitrogens with zero attached hydrogens (tertiary/aromatic N) is 2. The first kappa shape index (κ1) is 12.3. The van der Waals surface area contributed by atoms with Crippen LogP contribution in [0, 0.1) is 13.8 Å². The van der Waals surface area contributed by atoms with Gasteiger partial charge >= 0.3 is 5.97 Å². The highest BCUT2D eigenvalue weighted by Crippen LogP contribution is 2.14. The Balaban J connectivity index is 1.92. The Morgan fingerprint density at radius 3 is 2.78 bits per heavy atom. The fourth-order valence-electron chi connectivity index (χ4n) is 1.52. The Kier molecular flexibility index (Phi) is 3.42. The number of hydrogen-bond acceptors (Lipinski definition) is 6. The fourth-order valence-corrected chi connectivity index (χ4v) is 1.52. The second kappa shape index (κ2) is 5.01. The van der Waals surface area contributed by atoms with Crippen LogP contribution in [-0.2, 0) is 13.1 Å². The van der Waals surface area contributed by atoms with Crippen LogP contribution in [0.15, 0.2) is 15.0 Å². The lowest BCUT2D eigenvalue weighted by molar-refractivity contribution is 0.0661. The normalized spacial score (nSPS) is 10.8. The van der Waals surface area contributed by atoms with E-state index >= 15 is 0 Å². The van der Waals surface area contributed by atoms with E-state index < -0.39 is 5.97 Å². The molecule has 2 N–H and O–H groups in total. The van der Waals surface area contributed by atoms with E-state index in [2.05, 4.69) is 15.5 Å². The van der Waals surface area contributed by atoms with Crippen LogP contribution < -0.4 is 5.32 Å². The van der Waals surface area contributed by atoms with E-state index in [1.54, 1.807) is 13.8 Å². The number of aryl methyl sites for hydroxylation is 2. The topological polar surface area (TPSA) is 101 Å². The molecule has 0 aliphatic carbocycles. The van der Waals surface area contributed by atoms with E-state index in [0.717, 1.165) is 5.56 Å². The molecule has 2 rings (SSSR count). The van der Waals surface area contributed by atoms with Gasteiger partial charge in [0.2, 0.25) is 11.7 Å². The zero-order valence-corrected chi connectivity index (χ0v) is 10.1. The van der Waals surface area contributed by atoms with Crippen molar-refractivity contribution in [3.05, 3.63) is 34.9 Å². The fraction of sp³-hybridized carbons (Fsp3) is 0.364. The summed E-state index contributed by atoms with van der Waals surface area (Å²) in [5.74, 6) is 0.536. The molecule has 0 aliphatic heterocycles. The van der Waals surface area contributed by atoms with Crippen molar-refractivity contribution in [2.45, 2.75) is 26.9 Å². The summed E-state index contributed by atoms with van der Waals surface area (Å²) in [6.45, 7) is 4.37. The number of hydrogen-bond donors (Lipinski definition) is 2. The van der Waals surface area contributed by atoms with Gasteiger partial charge in [-0.3, -0.25) is 0 Å². The maximum atomic E-state index is 10.7. The van der Waals surface area contributed by atoms with Crippen LogP contribution in [0.4, 0.5) is 0 Å². The van der Waals surface area contributed by atoms with Crippen molar-refractivity contribution < 1.29 is 18.8 Å². The third-order valence-corrected chi connectivity index (χ3v) is 2.40. The van der Waals surface area contributed by atoms with Crippen LogP contribution in [0.1, 0.15) is 33.6 Å². The molecule has 7 nitrogen and oxygen atoms in total. The quantitative estimate of drug-likeness (QED) is 0.824. The summed E-state index contributed by atoms with van der Waals surface area (Å²) in [6, 6.07) is 1.51. The molecule has 96 valence electrons. The Morgan fingerprint density at radius 1 is 1.44 bits per heavy atom. The summed E-state index contributed by atoms with van der Waals surface area (Å²) in [4.78, 5) is 14.8. The van der Waals surface area contributed by atoms with E-state index in [1.165, 1.54) is 6.07 Å². The number of furan rings is 1. The molecule has 0 spiro atoms. The highest BCUT2D eigenvalue weighted by atomic mass is 16.5. The molecule has 0 unspecified atom stereocenters. The van der Waals surface area contributed by atoms with E-state index in [1.807, 2.05) is 0 Å². The van der Waals surface area contributed by atoms with Crippen LogP contribution in [-0.4, -0.2) is 21.2 Å². The molecule has 2 aromatic heterocycles. The molecule has 0 aromatic carbocycles. The van der Waals surface area contributed by atoms with Gasteiger partial charge in [0.15, 0.2) is 5.82 Å². The summed E-state index contributed by atoms with van der Waals surface area (Å²) in [5, 5.41) is 15.6. The lowest BCUT2D eigenvalue weighted by Crippen LogP contribution is -2.13. The largest absolute Gasteiger partial charge is 0.475 e. The minimum absolute atomic E-state index is 0.0558. The molecule has 0 aliphatic rings. The predicted octanol–water partition coefficient (Wildman–Crippen LogP) is 1.27. The molecule has 0 bridgehead atoms. The van der Waals surface area contributed by atoms with Crippen LogP contribution in [0.5, 0.6) is 0 Å². The lowest BCUT2D eigenvalue weighted by Gasteiger charge is -1.99. The maximum absolute atomic E-state index is 10.7. The number of aromatic carboxylic acids is 1. The molecule has 0 saturated heterocycles. The van der Waals surface area contributed by atoms with E-state index in [9.17, 15) is 4.79 Å². The number of rotatable bonds is 5. The van der Waals surface area contributed by atoms with E-state index in [-0.39, 0.29) is 5.76 Å². The van der Waals surface area contributed by atoms with Crippen molar-refractivity contribution in [2.24, 2.45) is 0 Å². The van der Waals surface area contributed by atoms with Gasteiger partial charge in [-0.15, -0.1) is 0 Å². The van der Waals surface area contributed by atoms with Gasteiger partial charge in [-0.05, 0) is 13.0 Å². The molecule has 7 heteroatoms. The smallest absolute Gasteiger partial charge is 0.371 e. The Morgan fingerprint density at radius 2 is 2.22 bits per heavy atom. The molecule has 0 fully saturated rings. The molecule has 0 atom stereocenters. The molecule has 0 radical (unpaired) electrons. The summed E-state index contributed by atoms with van der Waals surface area (Å²) in [7, 11) is 0. The molecular formula is C11H13N3O4. The second-order valence-corrected chi connectivity index (χ2v) is 3.83. The number of carboxylic acids is 1. The van der Waals surface area contributed by atoms with Crippen molar-refractivity contribution in [1.29, 1.82) is 0 Å². The molecule has 0 saturated carbocycles. The van der Waals surface area contributed by atoms with Crippen molar-refractivity contribution in [1.82, 2.24) is 15.5 Å². The van der Waals surface area contributed by atoms with Crippen LogP contribution in [0.25, 0.3) is 0 Å². The summed E-state index contributed by atoms with van der Waals surface area (Å²) in [5.41, 5.74) is 0.799. The van der Waals surface area contributed by atoms with Crippen molar-refractivity contribution in [3.8, 4) is 0 Å². The van der Waals surface area contributed by atoms with E-state index in [0.29, 0.717) is 30.6 Å². The SMILES string of the molecule is Cc1nc(CNCc2cc(C(=O)O)oc2C)no1.